The van der Waals surface area contributed by atoms with Gasteiger partial charge in [-0.15, -0.1) is 12.4 Å². The van der Waals surface area contributed by atoms with Gasteiger partial charge in [0, 0.05) is 29.3 Å². The fourth-order valence-electron chi connectivity index (χ4n) is 3.26. The molecule has 5 heteroatoms. The molecule has 25 heavy (non-hydrogen) atoms. The third kappa shape index (κ3) is 4.91. The van der Waals surface area contributed by atoms with Crippen molar-refractivity contribution in [3.05, 3.63) is 65.7 Å². The standard InChI is InChI=1S/C20H22N2O2.ClH/c21-18-11-5-8-15(18)13-19(23)22-17-10-4-9-16(12-17)20(24)14-6-2-1-3-7-14;/h1-4,6-7,9-10,12,15,18H,5,8,11,13,21H2,(H,22,23);1H/t15-,18+;/m0./s1. The summed E-state index contributed by atoms with van der Waals surface area (Å²) in [5.41, 5.74) is 7.87. The van der Waals surface area contributed by atoms with Gasteiger partial charge in [0.2, 0.25) is 5.91 Å². The Bertz CT molecular complexity index is 733. The van der Waals surface area contributed by atoms with Gasteiger partial charge in [-0.1, -0.05) is 48.9 Å². The molecule has 0 saturated heterocycles. The van der Waals surface area contributed by atoms with E-state index in [1.807, 2.05) is 18.2 Å². The average molecular weight is 359 g/mol. The number of anilines is 1. The first kappa shape index (κ1) is 19.2. The summed E-state index contributed by atoms with van der Waals surface area (Å²) in [5, 5.41) is 2.89. The number of hydrogen-bond donors (Lipinski definition) is 2. The molecule has 4 nitrogen and oxygen atoms in total. The Morgan fingerprint density at radius 3 is 2.40 bits per heavy atom. The van der Waals surface area contributed by atoms with Gasteiger partial charge in [0.1, 0.15) is 0 Å². The monoisotopic (exact) mass is 358 g/mol. The zero-order valence-electron chi connectivity index (χ0n) is 14.0. The summed E-state index contributed by atoms with van der Waals surface area (Å²) in [6.45, 7) is 0. The molecule has 1 fully saturated rings. The van der Waals surface area contributed by atoms with E-state index in [-0.39, 0.29) is 36.1 Å². The number of halogens is 1. The molecule has 2 atom stereocenters. The first-order valence-corrected chi connectivity index (χ1v) is 8.39. The summed E-state index contributed by atoms with van der Waals surface area (Å²) in [7, 11) is 0. The van der Waals surface area contributed by atoms with Crippen LogP contribution in [0.5, 0.6) is 0 Å². The second-order valence-corrected chi connectivity index (χ2v) is 6.38. The Labute approximate surface area is 154 Å². The molecule has 0 radical (unpaired) electrons. The van der Waals surface area contributed by atoms with Gasteiger partial charge in [0.25, 0.3) is 0 Å². The SMILES string of the molecule is Cl.N[C@@H]1CCC[C@H]1CC(=O)Nc1cccc(C(=O)c2ccccc2)c1. The molecule has 1 amide bonds. The highest BCUT2D eigenvalue weighted by atomic mass is 35.5. The summed E-state index contributed by atoms with van der Waals surface area (Å²) in [4.78, 5) is 24.7. The molecule has 0 aliphatic heterocycles. The molecule has 1 aliphatic rings. The number of nitrogens with one attached hydrogen (secondary N) is 1. The lowest BCUT2D eigenvalue weighted by molar-refractivity contribution is -0.117. The molecular formula is C20H23ClN2O2. The Morgan fingerprint density at radius 2 is 1.72 bits per heavy atom. The number of amides is 1. The van der Waals surface area contributed by atoms with Crippen molar-refractivity contribution >= 4 is 29.8 Å². The minimum absolute atomic E-state index is 0. The minimum Gasteiger partial charge on any atom is -0.327 e. The van der Waals surface area contributed by atoms with Crippen LogP contribution in [0.1, 0.15) is 41.6 Å². The number of benzene rings is 2. The minimum atomic E-state index is -0.0514. The molecule has 2 aromatic carbocycles. The summed E-state index contributed by atoms with van der Waals surface area (Å²) in [6.07, 6.45) is 3.55. The van der Waals surface area contributed by atoms with Crippen molar-refractivity contribution in [1.29, 1.82) is 0 Å². The summed E-state index contributed by atoms with van der Waals surface area (Å²) >= 11 is 0. The predicted octanol–water partition coefficient (Wildman–Crippen LogP) is 3.80. The van der Waals surface area contributed by atoms with Crippen molar-refractivity contribution in [2.24, 2.45) is 11.7 Å². The van der Waals surface area contributed by atoms with Gasteiger partial charge in [0.05, 0.1) is 0 Å². The highest BCUT2D eigenvalue weighted by Gasteiger charge is 2.26. The number of carbonyl (C=O) groups excluding carboxylic acids is 2. The lowest BCUT2D eigenvalue weighted by Crippen LogP contribution is -2.28. The van der Waals surface area contributed by atoms with Crippen molar-refractivity contribution in [2.75, 3.05) is 5.32 Å². The smallest absolute Gasteiger partial charge is 0.224 e. The van der Waals surface area contributed by atoms with E-state index in [4.69, 9.17) is 5.73 Å². The van der Waals surface area contributed by atoms with E-state index >= 15 is 0 Å². The van der Waals surface area contributed by atoms with Crippen LogP contribution in [0.15, 0.2) is 54.6 Å². The van der Waals surface area contributed by atoms with Crippen molar-refractivity contribution in [3.8, 4) is 0 Å². The molecule has 0 unspecified atom stereocenters. The lowest BCUT2D eigenvalue weighted by Gasteiger charge is -2.15. The van der Waals surface area contributed by atoms with E-state index in [0.29, 0.717) is 23.2 Å². The molecule has 1 aliphatic carbocycles. The number of nitrogens with two attached hydrogens (primary N) is 1. The maximum atomic E-state index is 12.5. The van der Waals surface area contributed by atoms with E-state index in [1.165, 1.54) is 0 Å². The van der Waals surface area contributed by atoms with Gasteiger partial charge < -0.3 is 11.1 Å². The Balaban J connectivity index is 0.00000225. The normalized spacial score (nSPS) is 19.1. The van der Waals surface area contributed by atoms with Gasteiger partial charge >= 0.3 is 0 Å². The van der Waals surface area contributed by atoms with Crippen LogP contribution in [-0.2, 0) is 4.79 Å². The molecule has 2 aromatic rings. The molecule has 0 bridgehead atoms. The van der Waals surface area contributed by atoms with Gasteiger partial charge in [0.15, 0.2) is 5.78 Å². The molecule has 3 N–H and O–H groups in total. The maximum Gasteiger partial charge on any atom is 0.224 e. The summed E-state index contributed by atoms with van der Waals surface area (Å²) in [6, 6.07) is 16.3. The van der Waals surface area contributed by atoms with Crippen LogP contribution in [0.3, 0.4) is 0 Å². The quantitative estimate of drug-likeness (QED) is 0.798. The van der Waals surface area contributed by atoms with Crippen LogP contribution < -0.4 is 11.1 Å². The van der Waals surface area contributed by atoms with Gasteiger partial charge in [-0.3, -0.25) is 9.59 Å². The Hall–Kier alpha value is -2.17. The van der Waals surface area contributed by atoms with E-state index in [0.717, 1.165) is 19.3 Å². The highest BCUT2D eigenvalue weighted by molar-refractivity contribution is 6.09. The number of ketones is 1. The molecule has 0 heterocycles. The molecular weight excluding hydrogens is 336 g/mol. The molecule has 132 valence electrons. The van der Waals surface area contributed by atoms with E-state index < -0.39 is 0 Å². The van der Waals surface area contributed by atoms with Gasteiger partial charge in [-0.05, 0) is 30.9 Å². The fraction of sp³-hybridized carbons (Fsp3) is 0.300. The second-order valence-electron chi connectivity index (χ2n) is 6.38. The number of hydrogen-bond acceptors (Lipinski definition) is 3. The first-order chi connectivity index (χ1) is 11.6. The summed E-state index contributed by atoms with van der Waals surface area (Å²) in [5.74, 6) is 0.172. The highest BCUT2D eigenvalue weighted by Crippen LogP contribution is 2.27. The van der Waals surface area contributed by atoms with Crippen LogP contribution in [-0.4, -0.2) is 17.7 Å². The molecule has 1 saturated carbocycles. The second kappa shape index (κ2) is 8.79. The van der Waals surface area contributed by atoms with Crippen molar-refractivity contribution in [3.63, 3.8) is 0 Å². The third-order valence-electron chi connectivity index (χ3n) is 4.61. The van der Waals surface area contributed by atoms with Crippen LogP contribution in [0.4, 0.5) is 5.69 Å². The average Bonchev–Trinajstić information content (AvgIpc) is 3.00. The molecule has 0 spiro atoms. The van der Waals surface area contributed by atoms with Crippen LogP contribution in [0.2, 0.25) is 0 Å². The number of carbonyl (C=O) groups is 2. The maximum absolute atomic E-state index is 12.5. The van der Waals surface area contributed by atoms with Crippen LogP contribution in [0, 0.1) is 5.92 Å². The topological polar surface area (TPSA) is 72.2 Å². The predicted molar refractivity (Wildman–Crippen MR) is 102 cm³/mol. The van der Waals surface area contributed by atoms with E-state index in [2.05, 4.69) is 5.32 Å². The largest absolute Gasteiger partial charge is 0.327 e. The Kier molecular flexibility index (Phi) is 6.73. The third-order valence-corrected chi connectivity index (χ3v) is 4.61. The van der Waals surface area contributed by atoms with Crippen molar-refractivity contribution in [2.45, 2.75) is 31.7 Å². The zero-order valence-corrected chi connectivity index (χ0v) is 14.8. The molecule has 0 aromatic heterocycles. The van der Waals surface area contributed by atoms with Crippen molar-refractivity contribution in [1.82, 2.24) is 0 Å². The number of rotatable bonds is 5. The van der Waals surface area contributed by atoms with Crippen LogP contribution in [0.25, 0.3) is 0 Å². The van der Waals surface area contributed by atoms with Crippen molar-refractivity contribution < 1.29 is 9.59 Å². The van der Waals surface area contributed by atoms with Gasteiger partial charge in [-0.25, -0.2) is 0 Å². The Morgan fingerprint density at radius 1 is 1.00 bits per heavy atom. The lowest BCUT2D eigenvalue weighted by atomic mass is 9.99. The van der Waals surface area contributed by atoms with E-state index in [9.17, 15) is 9.59 Å². The van der Waals surface area contributed by atoms with E-state index in [1.54, 1.807) is 36.4 Å². The van der Waals surface area contributed by atoms with Gasteiger partial charge in [-0.2, -0.15) is 0 Å². The summed E-state index contributed by atoms with van der Waals surface area (Å²) < 4.78 is 0. The zero-order chi connectivity index (χ0) is 16.9. The first-order valence-electron chi connectivity index (χ1n) is 8.39. The van der Waals surface area contributed by atoms with Crippen LogP contribution >= 0.6 is 12.4 Å². The molecule has 3 rings (SSSR count). The fourth-order valence-corrected chi connectivity index (χ4v) is 3.26.